The van der Waals surface area contributed by atoms with Crippen molar-refractivity contribution in [3.05, 3.63) is 83.3 Å². The van der Waals surface area contributed by atoms with Crippen molar-refractivity contribution in [2.24, 2.45) is 4.99 Å². The maximum absolute atomic E-state index is 14.7. The van der Waals surface area contributed by atoms with Crippen LogP contribution in [0.2, 0.25) is 0 Å². The number of nitrogens with zero attached hydrogens (tertiary/aromatic N) is 5. The Morgan fingerprint density at radius 2 is 1.80 bits per heavy atom. The van der Waals surface area contributed by atoms with Crippen LogP contribution in [0.3, 0.4) is 0 Å². The molecule has 2 aliphatic heterocycles. The van der Waals surface area contributed by atoms with E-state index in [1.54, 1.807) is 35.2 Å². The number of nitrogens with one attached hydrogen (secondary N) is 2. The van der Waals surface area contributed by atoms with Crippen molar-refractivity contribution in [3.8, 4) is 11.6 Å². The van der Waals surface area contributed by atoms with Gasteiger partial charge in [-0.3, -0.25) is 4.79 Å². The number of fused-ring (bicyclic) bond motifs is 1. The van der Waals surface area contributed by atoms with Gasteiger partial charge in [-0.1, -0.05) is 47.6 Å². The van der Waals surface area contributed by atoms with Crippen molar-refractivity contribution < 1.29 is 31.5 Å². The van der Waals surface area contributed by atoms with Crippen LogP contribution in [-0.2, 0) is 15.7 Å². The molecule has 0 bridgehead atoms. The van der Waals surface area contributed by atoms with Gasteiger partial charge in [-0.05, 0) is 12.1 Å². The highest BCUT2D eigenvalue weighted by molar-refractivity contribution is 6.19. The number of rotatable bonds is 5. The number of carbonyl (C=O) groups is 1. The van der Waals surface area contributed by atoms with Gasteiger partial charge in [0, 0.05) is 30.4 Å². The molecule has 2 aromatic heterocycles. The van der Waals surface area contributed by atoms with Gasteiger partial charge in [0.2, 0.25) is 6.17 Å². The molecule has 4 heterocycles. The van der Waals surface area contributed by atoms with Gasteiger partial charge in [0.1, 0.15) is 5.82 Å². The van der Waals surface area contributed by atoms with Gasteiger partial charge in [0.25, 0.3) is 11.8 Å². The molecule has 2 N–H and O–H groups in total. The van der Waals surface area contributed by atoms with Gasteiger partial charge in [0.15, 0.2) is 5.69 Å². The molecule has 1 fully saturated rings. The second-order valence-corrected chi connectivity index (χ2v) is 9.14. The predicted molar refractivity (Wildman–Crippen MR) is 140 cm³/mol. The monoisotopic (exact) mass is 567 g/mol. The number of anilines is 3. The van der Waals surface area contributed by atoms with Gasteiger partial charge >= 0.3 is 12.2 Å². The zero-order valence-corrected chi connectivity index (χ0v) is 21.2. The Bertz CT molecular complexity index is 1620. The average Bonchev–Trinajstić information content (AvgIpc) is 3.39. The predicted octanol–water partition coefficient (Wildman–Crippen LogP) is 4.35. The summed E-state index contributed by atoms with van der Waals surface area (Å²) >= 11 is 0. The second kappa shape index (κ2) is 10.6. The molecule has 210 valence electrons. The molecule has 1 amide bonds. The van der Waals surface area contributed by atoms with Crippen LogP contribution in [-0.4, -0.2) is 59.3 Å². The highest BCUT2D eigenvalue weighted by atomic mass is 19.4. The lowest BCUT2D eigenvalue weighted by Gasteiger charge is -2.30. The van der Waals surface area contributed by atoms with Crippen LogP contribution in [0, 0.1) is 5.82 Å². The standard InChI is InChI=1S/C27H21F4N7O3/c28-18-8-4-7-17-20(15-5-2-1-3-6-15)33-23(24(39)34-21(17)18)35-26-37-36-25(41-26)22-19(38-9-11-40-12-10-38)13-16(14-32-22)27(29,30)31/h1-8,13-14,23H,9-12H2,(H,34,39)(H,35,37)/t23-/m0/s1. The number of morpholine rings is 1. The smallest absolute Gasteiger partial charge is 0.402 e. The number of aliphatic imine (C=N–C) groups is 1. The molecule has 1 atom stereocenters. The Labute approximate surface area is 230 Å². The Balaban J connectivity index is 1.35. The van der Waals surface area contributed by atoms with Crippen molar-refractivity contribution in [1.82, 2.24) is 15.2 Å². The molecule has 0 unspecified atom stereocenters. The largest absolute Gasteiger partial charge is 0.417 e. The number of halogens is 4. The maximum atomic E-state index is 14.7. The van der Waals surface area contributed by atoms with Gasteiger partial charge in [-0.25, -0.2) is 14.4 Å². The zero-order valence-electron chi connectivity index (χ0n) is 21.2. The number of para-hydroxylation sites is 1. The third kappa shape index (κ3) is 5.33. The molecule has 2 aromatic carbocycles. The minimum atomic E-state index is -4.60. The van der Waals surface area contributed by atoms with Crippen LogP contribution >= 0.6 is 0 Å². The molecular weight excluding hydrogens is 546 g/mol. The molecule has 10 nitrogen and oxygen atoms in total. The van der Waals surface area contributed by atoms with Crippen molar-refractivity contribution >= 4 is 29.0 Å². The first-order valence-corrected chi connectivity index (χ1v) is 12.5. The first kappa shape index (κ1) is 26.4. The number of ether oxygens (including phenoxy) is 1. The van der Waals surface area contributed by atoms with Crippen molar-refractivity contribution in [3.63, 3.8) is 0 Å². The summed E-state index contributed by atoms with van der Waals surface area (Å²) in [6.07, 6.45) is -5.23. The van der Waals surface area contributed by atoms with E-state index in [1.807, 2.05) is 6.07 Å². The molecule has 2 aliphatic rings. The summed E-state index contributed by atoms with van der Waals surface area (Å²) in [6.45, 7) is 1.33. The van der Waals surface area contributed by atoms with Gasteiger partial charge in [-0.2, -0.15) is 13.2 Å². The Kier molecular flexibility index (Phi) is 6.83. The number of alkyl halides is 3. The first-order valence-electron chi connectivity index (χ1n) is 12.5. The number of benzene rings is 2. The molecule has 41 heavy (non-hydrogen) atoms. The first-order chi connectivity index (χ1) is 19.8. The zero-order chi connectivity index (χ0) is 28.6. The van der Waals surface area contributed by atoms with E-state index in [9.17, 15) is 22.4 Å². The van der Waals surface area contributed by atoms with Gasteiger partial charge in [0.05, 0.1) is 35.9 Å². The fourth-order valence-electron chi connectivity index (χ4n) is 4.53. The van der Waals surface area contributed by atoms with Crippen LogP contribution < -0.4 is 15.5 Å². The average molecular weight is 568 g/mol. The van der Waals surface area contributed by atoms with E-state index < -0.39 is 29.6 Å². The normalized spacial score (nSPS) is 17.4. The molecule has 1 saturated heterocycles. The number of amides is 1. The number of hydrogen-bond acceptors (Lipinski definition) is 9. The maximum Gasteiger partial charge on any atom is 0.417 e. The molecule has 0 aliphatic carbocycles. The highest BCUT2D eigenvalue weighted by Crippen LogP contribution is 2.36. The summed E-state index contributed by atoms with van der Waals surface area (Å²) in [6, 6.07) is 14.0. The Morgan fingerprint density at radius 1 is 1.02 bits per heavy atom. The van der Waals surface area contributed by atoms with E-state index in [-0.39, 0.29) is 29.0 Å². The number of pyridine rings is 1. The van der Waals surface area contributed by atoms with E-state index in [0.717, 1.165) is 6.07 Å². The summed E-state index contributed by atoms with van der Waals surface area (Å²) in [5.74, 6) is -1.49. The number of benzodiazepines with no additional fused rings is 1. The summed E-state index contributed by atoms with van der Waals surface area (Å²) in [7, 11) is 0. The Morgan fingerprint density at radius 3 is 2.56 bits per heavy atom. The summed E-state index contributed by atoms with van der Waals surface area (Å²) in [5.41, 5.74) is 0.594. The highest BCUT2D eigenvalue weighted by Gasteiger charge is 2.34. The minimum absolute atomic E-state index is 0.0280. The minimum Gasteiger partial charge on any atom is -0.402 e. The van der Waals surface area contributed by atoms with Gasteiger partial charge in [-0.15, -0.1) is 5.10 Å². The SMILES string of the molecule is O=C1Nc2c(F)cccc2C(c2ccccc2)=N[C@H]1Nc1nnc(-c2ncc(C(F)(F)F)cc2N2CCOCC2)o1. The van der Waals surface area contributed by atoms with E-state index in [0.29, 0.717) is 49.3 Å². The fraction of sp³-hybridized carbons (Fsp3) is 0.222. The van der Waals surface area contributed by atoms with Crippen LogP contribution in [0.25, 0.3) is 11.6 Å². The lowest BCUT2D eigenvalue weighted by atomic mass is 10.0. The quantitative estimate of drug-likeness (QED) is 0.342. The lowest BCUT2D eigenvalue weighted by Crippen LogP contribution is -2.36. The van der Waals surface area contributed by atoms with Crippen LogP contribution in [0.4, 0.5) is 35.0 Å². The van der Waals surface area contributed by atoms with E-state index in [2.05, 4.69) is 30.8 Å². The number of hydrogen-bond donors (Lipinski definition) is 2. The van der Waals surface area contributed by atoms with Crippen molar-refractivity contribution in [2.45, 2.75) is 12.3 Å². The molecular formula is C27H21F4N7O3. The fourth-order valence-corrected chi connectivity index (χ4v) is 4.53. The molecule has 0 radical (unpaired) electrons. The van der Waals surface area contributed by atoms with Crippen LogP contribution in [0.1, 0.15) is 16.7 Å². The molecule has 0 spiro atoms. The molecule has 4 aromatic rings. The molecule has 6 rings (SSSR count). The summed E-state index contributed by atoms with van der Waals surface area (Å²) in [5, 5.41) is 13.2. The summed E-state index contributed by atoms with van der Waals surface area (Å²) < 4.78 is 66.1. The molecule has 14 heteroatoms. The summed E-state index contributed by atoms with van der Waals surface area (Å²) in [4.78, 5) is 23.3. The molecule has 0 saturated carbocycles. The third-order valence-electron chi connectivity index (χ3n) is 6.51. The second-order valence-electron chi connectivity index (χ2n) is 9.14. The van der Waals surface area contributed by atoms with E-state index in [1.165, 1.54) is 12.1 Å². The lowest BCUT2D eigenvalue weighted by molar-refractivity contribution is -0.137. The van der Waals surface area contributed by atoms with Crippen molar-refractivity contribution in [2.75, 3.05) is 41.8 Å². The topological polar surface area (TPSA) is 118 Å². The van der Waals surface area contributed by atoms with E-state index >= 15 is 0 Å². The number of carbonyl (C=O) groups excluding carboxylic acids is 1. The van der Waals surface area contributed by atoms with Crippen LogP contribution in [0.15, 0.2) is 70.2 Å². The van der Waals surface area contributed by atoms with Crippen molar-refractivity contribution in [1.29, 1.82) is 0 Å². The Hall–Kier alpha value is -4.85. The van der Waals surface area contributed by atoms with Crippen LogP contribution in [0.5, 0.6) is 0 Å². The van der Waals surface area contributed by atoms with Gasteiger partial charge < -0.3 is 24.7 Å². The third-order valence-corrected chi connectivity index (χ3v) is 6.51. The van der Waals surface area contributed by atoms with E-state index in [4.69, 9.17) is 9.15 Å². The number of aromatic nitrogens is 3.